The van der Waals surface area contributed by atoms with Gasteiger partial charge in [-0.1, -0.05) is 34.1 Å². The lowest BCUT2D eigenvalue weighted by Gasteiger charge is -2.13. The molecule has 1 unspecified atom stereocenters. The fourth-order valence-corrected chi connectivity index (χ4v) is 2.81. The molecule has 0 fully saturated rings. The molecule has 0 spiro atoms. The van der Waals surface area contributed by atoms with E-state index in [1.807, 2.05) is 24.3 Å². The van der Waals surface area contributed by atoms with Crippen LogP contribution in [0, 0.1) is 0 Å². The van der Waals surface area contributed by atoms with Crippen molar-refractivity contribution in [2.75, 3.05) is 13.6 Å². The van der Waals surface area contributed by atoms with Gasteiger partial charge < -0.3 is 5.32 Å². The molecule has 4 nitrogen and oxygen atoms in total. The fraction of sp³-hybridized carbons (Fsp3) is 0.455. The summed E-state index contributed by atoms with van der Waals surface area (Å²) in [6.07, 6.45) is 0. The fourth-order valence-electron chi connectivity index (χ4n) is 1.36. The van der Waals surface area contributed by atoms with E-state index in [9.17, 15) is 8.42 Å². The summed E-state index contributed by atoms with van der Waals surface area (Å²) >= 11 is 3.38. The maximum absolute atomic E-state index is 11.8. The number of benzene rings is 1. The Morgan fingerprint density at radius 2 is 2.00 bits per heavy atom. The lowest BCUT2D eigenvalue weighted by atomic mass is 10.2. The second kappa shape index (κ2) is 6.49. The highest BCUT2D eigenvalue weighted by molar-refractivity contribution is 9.10. The molecule has 0 aromatic heterocycles. The van der Waals surface area contributed by atoms with Gasteiger partial charge in [-0.2, -0.15) is 0 Å². The smallest absolute Gasteiger partial charge is 0.215 e. The van der Waals surface area contributed by atoms with Crippen LogP contribution in [0.1, 0.15) is 12.5 Å². The zero-order valence-corrected chi connectivity index (χ0v) is 12.3. The first kappa shape index (κ1) is 14.6. The molecule has 0 saturated carbocycles. The quantitative estimate of drug-likeness (QED) is 0.834. The Bertz CT molecular complexity index is 462. The van der Waals surface area contributed by atoms with Crippen LogP contribution in [-0.4, -0.2) is 27.3 Å². The van der Waals surface area contributed by atoms with E-state index in [0.29, 0.717) is 13.1 Å². The van der Waals surface area contributed by atoms with E-state index < -0.39 is 15.3 Å². The number of halogens is 1. The van der Waals surface area contributed by atoms with Gasteiger partial charge in [0.1, 0.15) is 0 Å². The molecule has 1 atom stereocenters. The summed E-state index contributed by atoms with van der Waals surface area (Å²) in [5.74, 6) is 0. The van der Waals surface area contributed by atoms with E-state index in [-0.39, 0.29) is 0 Å². The molecular weight excluding hydrogens is 304 g/mol. The van der Waals surface area contributed by atoms with Crippen LogP contribution in [0.25, 0.3) is 0 Å². The van der Waals surface area contributed by atoms with E-state index in [2.05, 4.69) is 26.0 Å². The molecule has 1 rings (SSSR count). The molecule has 6 heteroatoms. The van der Waals surface area contributed by atoms with Gasteiger partial charge in [-0.15, -0.1) is 0 Å². The second-order valence-corrected chi connectivity index (χ2v) is 6.86. The summed E-state index contributed by atoms with van der Waals surface area (Å²) in [6, 6.07) is 7.55. The van der Waals surface area contributed by atoms with Gasteiger partial charge in [0.25, 0.3) is 0 Å². The highest BCUT2D eigenvalue weighted by atomic mass is 79.9. The zero-order chi connectivity index (χ0) is 12.9. The van der Waals surface area contributed by atoms with Gasteiger partial charge in [0.05, 0.1) is 5.25 Å². The Morgan fingerprint density at radius 1 is 1.35 bits per heavy atom. The Kier molecular flexibility index (Phi) is 5.58. The third-order valence-electron chi connectivity index (χ3n) is 2.44. The van der Waals surface area contributed by atoms with Gasteiger partial charge in [0.15, 0.2) is 0 Å². The Morgan fingerprint density at radius 3 is 2.59 bits per heavy atom. The van der Waals surface area contributed by atoms with Crippen molar-refractivity contribution in [2.45, 2.75) is 18.7 Å². The molecule has 0 heterocycles. The molecule has 96 valence electrons. The second-order valence-electron chi connectivity index (χ2n) is 3.83. The van der Waals surface area contributed by atoms with Gasteiger partial charge in [0, 0.05) is 17.6 Å². The summed E-state index contributed by atoms with van der Waals surface area (Å²) in [7, 11) is -1.53. The largest absolute Gasteiger partial charge is 0.318 e. The van der Waals surface area contributed by atoms with Crippen LogP contribution < -0.4 is 10.0 Å². The number of hydrogen-bond donors (Lipinski definition) is 2. The van der Waals surface area contributed by atoms with Crippen molar-refractivity contribution in [3.63, 3.8) is 0 Å². The number of hydrogen-bond acceptors (Lipinski definition) is 3. The minimum absolute atomic E-state index is 0.303. The Labute approximate surface area is 111 Å². The van der Waals surface area contributed by atoms with Crippen LogP contribution in [0.2, 0.25) is 0 Å². The third kappa shape index (κ3) is 4.39. The van der Waals surface area contributed by atoms with E-state index >= 15 is 0 Å². The molecule has 1 aromatic rings. The topological polar surface area (TPSA) is 58.2 Å². The summed E-state index contributed by atoms with van der Waals surface area (Å²) in [5.41, 5.74) is 0.924. The molecule has 1 aromatic carbocycles. The van der Waals surface area contributed by atoms with Crippen molar-refractivity contribution < 1.29 is 8.42 Å². The first-order chi connectivity index (χ1) is 7.97. The minimum atomic E-state index is -3.27. The molecular formula is C11H17BrN2O2S. The van der Waals surface area contributed by atoms with Crippen molar-refractivity contribution in [2.24, 2.45) is 0 Å². The van der Waals surface area contributed by atoms with E-state index in [0.717, 1.165) is 10.0 Å². The molecule has 0 aliphatic rings. The van der Waals surface area contributed by atoms with Crippen LogP contribution in [0.4, 0.5) is 0 Å². The molecule has 0 saturated heterocycles. The van der Waals surface area contributed by atoms with Crippen LogP contribution in [0.5, 0.6) is 0 Å². The van der Waals surface area contributed by atoms with Crippen molar-refractivity contribution in [1.29, 1.82) is 0 Å². The standard InChI is InChI=1S/C11H17BrN2O2S/c1-9(7-13-2)17(15,16)14-8-10-5-3-4-6-11(10)12/h3-6,9,13-14H,7-8H2,1-2H3. The van der Waals surface area contributed by atoms with E-state index in [1.165, 1.54) is 0 Å². The van der Waals surface area contributed by atoms with Gasteiger partial charge in [0.2, 0.25) is 10.0 Å². The average Bonchev–Trinajstić information content (AvgIpc) is 2.28. The third-order valence-corrected chi connectivity index (χ3v) is 4.99. The van der Waals surface area contributed by atoms with Crippen LogP contribution >= 0.6 is 15.9 Å². The number of sulfonamides is 1. The van der Waals surface area contributed by atoms with E-state index in [4.69, 9.17) is 0 Å². The molecule has 0 aliphatic carbocycles. The first-order valence-electron chi connectivity index (χ1n) is 5.34. The predicted octanol–water partition coefficient (Wildman–Crippen LogP) is 1.48. The highest BCUT2D eigenvalue weighted by Gasteiger charge is 2.19. The molecule has 0 aliphatic heterocycles. The average molecular weight is 321 g/mol. The van der Waals surface area contributed by atoms with Crippen molar-refractivity contribution in [3.05, 3.63) is 34.3 Å². The summed E-state index contributed by atoms with van der Waals surface area (Å²) in [4.78, 5) is 0. The summed E-state index contributed by atoms with van der Waals surface area (Å²) in [6.45, 7) is 2.42. The van der Waals surface area contributed by atoms with Crippen LogP contribution in [0.15, 0.2) is 28.7 Å². The molecule has 0 radical (unpaired) electrons. The van der Waals surface area contributed by atoms with E-state index in [1.54, 1.807) is 14.0 Å². The molecule has 17 heavy (non-hydrogen) atoms. The molecule has 0 bridgehead atoms. The van der Waals surface area contributed by atoms with Crippen molar-refractivity contribution >= 4 is 26.0 Å². The first-order valence-corrected chi connectivity index (χ1v) is 7.68. The summed E-state index contributed by atoms with van der Waals surface area (Å²) < 4.78 is 27.2. The number of rotatable bonds is 6. The number of nitrogens with one attached hydrogen (secondary N) is 2. The maximum Gasteiger partial charge on any atom is 0.215 e. The highest BCUT2D eigenvalue weighted by Crippen LogP contribution is 2.15. The normalized spacial score (nSPS) is 13.6. The lowest BCUT2D eigenvalue weighted by molar-refractivity contribution is 0.563. The molecule has 0 amide bonds. The van der Waals surface area contributed by atoms with Gasteiger partial charge in [-0.25, -0.2) is 13.1 Å². The SMILES string of the molecule is CNCC(C)S(=O)(=O)NCc1ccccc1Br. The maximum atomic E-state index is 11.8. The molecule has 2 N–H and O–H groups in total. The van der Waals surface area contributed by atoms with Crippen LogP contribution in [0.3, 0.4) is 0 Å². The predicted molar refractivity (Wildman–Crippen MR) is 73.3 cm³/mol. The van der Waals surface area contributed by atoms with Gasteiger partial charge >= 0.3 is 0 Å². The Hall–Kier alpha value is -0.430. The Balaban J connectivity index is 2.65. The van der Waals surface area contributed by atoms with Crippen molar-refractivity contribution in [1.82, 2.24) is 10.0 Å². The lowest BCUT2D eigenvalue weighted by Crippen LogP contribution is -2.37. The van der Waals surface area contributed by atoms with Crippen LogP contribution in [-0.2, 0) is 16.6 Å². The zero-order valence-electron chi connectivity index (χ0n) is 9.90. The minimum Gasteiger partial charge on any atom is -0.318 e. The van der Waals surface area contributed by atoms with Gasteiger partial charge in [-0.05, 0) is 25.6 Å². The monoisotopic (exact) mass is 320 g/mol. The summed E-state index contributed by atoms with van der Waals surface area (Å²) in [5, 5.41) is 2.41. The van der Waals surface area contributed by atoms with Gasteiger partial charge in [-0.3, -0.25) is 0 Å². The van der Waals surface area contributed by atoms with Crippen molar-refractivity contribution in [3.8, 4) is 0 Å².